The van der Waals surface area contributed by atoms with E-state index >= 15 is 0 Å². The minimum absolute atomic E-state index is 0.113. The van der Waals surface area contributed by atoms with E-state index in [0.717, 1.165) is 9.26 Å². The number of hydrogen-bond acceptors (Lipinski definition) is 2. The molecule has 0 fully saturated rings. The van der Waals surface area contributed by atoms with Gasteiger partial charge in [-0.05, 0) is 59.5 Å². The van der Waals surface area contributed by atoms with Gasteiger partial charge in [-0.3, -0.25) is 4.79 Å². The molecule has 1 aromatic carbocycles. The molecule has 0 aromatic heterocycles. The summed E-state index contributed by atoms with van der Waals surface area (Å²) in [5, 5.41) is 2.85. The smallest absolute Gasteiger partial charge is 0.241 e. The molecule has 3 N–H and O–H groups in total. The molecule has 0 saturated heterocycles. The summed E-state index contributed by atoms with van der Waals surface area (Å²) in [6, 6.07) is 5.41. The van der Waals surface area contributed by atoms with E-state index in [1.807, 2.05) is 25.1 Å². The van der Waals surface area contributed by atoms with Crippen LogP contribution in [0.5, 0.6) is 0 Å². The maximum absolute atomic E-state index is 11.8. The van der Waals surface area contributed by atoms with Crippen LogP contribution in [0.2, 0.25) is 0 Å². The van der Waals surface area contributed by atoms with Crippen LogP contribution in [0, 0.1) is 16.4 Å². The molecule has 0 bridgehead atoms. The number of carbonyl (C=O) groups is 1. The molecule has 4 heteroatoms. The molecule has 1 rings (SSSR count). The molecule has 0 aliphatic rings. The molecule has 1 amide bonds. The highest BCUT2D eigenvalue weighted by atomic mass is 127. The Bertz CT molecular complexity index is 404. The van der Waals surface area contributed by atoms with Gasteiger partial charge in [0.1, 0.15) is 0 Å². The van der Waals surface area contributed by atoms with Gasteiger partial charge < -0.3 is 11.1 Å². The van der Waals surface area contributed by atoms with Gasteiger partial charge >= 0.3 is 0 Å². The second-order valence-electron chi connectivity index (χ2n) is 4.69. The van der Waals surface area contributed by atoms with Gasteiger partial charge in [0.2, 0.25) is 5.91 Å². The number of anilines is 1. The molecule has 1 atom stereocenters. The van der Waals surface area contributed by atoms with E-state index in [1.165, 1.54) is 5.56 Å². The molecule has 0 heterocycles. The molecular weight excluding hydrogens is 327 g/mol. The summed E-state index contributed by atoms with van der Waals surface area (Å²) in [6.45, 7) is 6.15. The number of nitrogens with one attached hydrogen (secondary N) is 1. The Labute approximate surface area is 116 Å². The average Bonchev–Trinajstić information content (AvgIpc) is 2.22. The van der Waals surface area contributed by atoms with Crippen molar-refractivity contribution in [2.24, 2.45) is 11.7 Å². The summed E-state index contributed by atoms with van der Waals surface area (Å²) in [6.07, 6.45) is 0.703. The molecule has 0 aliphatic heterocycles. The standard InChI is InChI=1S/C13H19IN2O/c1-8(2)6-12(15)13(17)16-10-5-4-9(3)11(14)7-10/h4-5,7-8,12H,6,15H2,1-3H3,(H,16,17)/t12-/m0/s1. The lowest BCUT2D eigenvalue weighted by molar-refractivity contribution is -0.117. The van der Waals surface area contributed by atoms with Crippen molar-refractivity contribution in [2.75, 3.05) is 5.32 Å². The van der Waals surface area contributed by atoms with Crippen molar-refractivity contribution < 1.29 is 4.79 Å². The van der Waals surface area contributed by atoms with Gasteiger partial charge in [-0.25, -0.2) is 0 Å². The van der Waals surface area contributed by atoms with Crippen LogP contribution in [0.1, 0.15) is 25.8 Å². The second-order valence-corrected chi connectivity index (χ2v) is 5.85. The van der Waals surface area contributed by atoms with Crippen molar-refractivity contribution in [3.8, 4) is 0 Å². The fourth-order valence-corrected chi connectivity index (χ4v) is 2.04. The highest BCUT2D eigenvalue weighted by Gasteiger charge is 2.15. The molecule has 0 radical (unpaired) electrons. The number of carbonyl (C=O) groups excluding carboxylic acids is 1. The van der Waals surface area contributed by atoms with Gasteiger partial charge in [0.25, 0.3) is 0 Å². The molecule has 0 aliphatic carbocycles. The topological polar surface area (TPSA) is 55.1 Å². The van der Waals surface area contributed by atoms with Gasteiger partial charge in [0.15, 0.2) is 0 Å². The van der Waals surface area contributed by atoms with Crippen LogP contribution < -0.4 is 11.1 Å². The molecule has 0 saturated carbocycles. The number of halogens is 1. The van der Waals surface area contributed by atoms with Crippen LogP contribution in [0.25, 0.3) is 0 Å². The Morgan fingerprint density at radius 3 is 2.65 bits per heavy atom. The van der Waals surface area contributed by atoms with Crippen LogP contribution in [0.4, 0.5) is 5.69 Å². The van der Waals surface area contributed by atoms with Gasteiger partial charge in [-0.1, -0.05) is 19.9 Å². The predicted octanol–water partition coefficient (Wildman–Crippen LogP) is 2.91. The van der Waals surface area contributed by atoms with Gasteiger partial charge in [0, 0.05) is 9.26 Å². The van der Waals surface area contributed by atoms with E-state index in [0.29, 0.717) is 12.3 Å². The largest absolute Gasteiger partial charge is 0.325 e. The Balaban J connectivity index is 2.64. The first-order valence-corrected chi connectivity index (χ1v) is 6.80. The third-order valence-electron chi connectivity index (χ3n) is 2.50. The molecule has 1 aromatic rings. The number of amides is 1. The highest BCUT2D eigenvalue weighted by molar-refractivity contribution is 14.1. The number of rotatable bonds is 4. The Morgan fingerprint density at radius 1 is 1.47 bits per heavy atom. The van der Waals surface area contributed by atoms with Crippen molar-refractivity contribution in [1.29, 1.82) is 0 Å². The Morgan fingerprint density at radius 2 is 2.12 bits per heavy atom. The first-order valence-electron chi connectivity index (χ1n) is 5.72. The Hall–Kier alpha value is -0.620. The van der Waals surface area contributed by atoms with Crippen LogP contribution in [0.3, 0.4) is 0 Å². The fourth-order valence-electron chi connectivity index (χ4n) is 1.52. The summed E-state index contributed by atoms with van der Waals surface area (Å²) in [5.74, 6) is 0.312. The quantitative estimate of drug-likeness (QED) is 0.824. The normalized spacial score (nSPS) is 12.6. The fraction of sp³-hybridized carbons (Fsp3) is 0.462. The number of benzene rings is 1. The van der Waals surface area contributed by atoms with Crippen molar-refractivity contribution in [3.05, 3.63) is 27.3 Å². The summed E-state index contributed by atoms with van der Waals surface area (Å²) >= 11 is 2.25. The average molecular weight is 346 g/mol. The van der Waals surface area contributed by atoms with Gasteiger partial charge in [-0.2, -0.15) is 0 Å². The molecule has 17 heavy (non-hydrogen) atoms. The zero-order chi connectivity index (χ0) is 13.0. The zero-order valence-corrected chi connectivity index (χ0v) is 12.6. The van der Waals surface area contributed by atoms with E-state index in [4.69, 9.17) is 5.73 Å². The number of aryl methyl sites for hydroxylation is 1. The van der Waals surface area contributed by atoms with E-state index in [-0.39, 0.29) is 5.91 Å². The first-order chi connectivity index (χ1) is 7.90. The number of nitrogens with two attached hydrogens (primary N) is 1. The molecule has 0 spiro atoms. The highest BCUT2D eigenvalue weighted by Crippen LogP contribution is 2.17. The minimum atomic E-state index is -0.436. The number of hydrogen-bond donors (Lipinski definition) is 2. The van der Waals surface area contributed by atoms with Gasteiger partial charge in [0.05, 0.1) is 6.04 Å². The summed E-state index contributed by atoms with van der Waals surface area (Å²) < 4.78 is 1.14. The summed E-state index contributed by atoms with van der Waals surface area (Å²) in [5.41, 5.74) is 7.83. The third-order valence-corrected chi connectivity index (χ3v) is 3.66. The van der Waals surface area contributed by atoms with Crippen molar-refractivity contribution >= 4 is 34.2 Å². The van der Waals surface area contributed by atoms with Crippen LogP contribution >= 0.6 is 22.6 Å². The van der Waals surface area contributed by atoms with E-state index in [9.17, 15) is 4.79 Å². The minimum Gasteiger partial charge on any atom is -0.325 e. The van der Waals surface area contributed by atoms with E-state index < -0.39 is 6.04 Å². The lowest BCUT2D eigenvalue weighted by atomic mass is 10.0. The maximum Gasteiger partial charge on any atom is 0.241 e. The van der Waals surface area contributed by atoms with Crippen molar-refractivity contribution in [1.82, 2.24) is 0 Å². The van der Waals surface area contributed by atoms with Crippen molar-refractivity contribution in [2.45, 2.75) is 33.2 Å². The Kier molecular flexibility index (Phi) is 5.39. The molecule has 0 unspecified atom stereocenters. The van der Waals surface area contributed by atoms with E-state index in [2.05, 4.69) is 41.8 Å². The molecule has 3 nitrogen and oxygen atoms in total. The monoisotopic (exact) mass is 346 g/mol. The lowest BCUT2D eigenvalue weighted by Crippen LogP contribution is -2.36. The SMILES string of the molecule is Cc1ccc(NC(=O)[C@@H](N)CC(C)C)cc1I. The first kappa shape index (κ1) is 14.4. The molecule has 94 valence electrons. The van der Waals surface area contributed by atoms with Gasteiger partial charge in [-0.15, -0.1) is 0 Å². The van der Waals surface area contributed by atoms with E-state index in [1.54, 1.807) is 0 Å². The summed E-state index contributed by atoms with van der Waals surface area (Å²) in [4.78, 5) is 11.8. The third kappa shape index (κ3) is 4.63. The molecular formula is C13H19IN2O. The summed E-state index contributed by atoms with van der Waals surface area (Å²) in [7, 11) is 0. The lowest BCUT2D eigenvalue weighted by Gasteiger charge is -2.14. The van der Waals surface area contributed by atoms with Crippen molar-refractivity contribution in [3.63, 3.8) is 0 Å². The van der Waals surface area contributed by atoms with Crippen LogP contribution in [-0.4, -0.2) is 11.9 Å². The predicted molar refractivity (Wildman–Crippen MR) is 80.0 cm³/mol. The second kappa shape index (κ2) is 6.35. The van der Waals surface area contributed by atoms with Crippen LogP contribution in [0.15, 0.2) is 18.2 Å². The zero-order valence-electron chi connectivity index (χ0n) is 10.5. The van der Waals surface area contributed by atoms with Crippen LogP contribution in [-0.2, 0) is 4.79 Å². The maximum atomic E-state index is 11.8.